The van der Waals surface area contributed by atoms with E-state index in [0.717, 1.165) is 43.9 Å². The van der Waals surface area contributed by atoms with E-state index in [9.17, 15) is 4.79 Å². The summed E-state index contributed by atoms with van der Waals surface area (Å²) in [7, 11) is 0. The summed E-state index contributed by atoms with van der Waals surface area (Å²) in [6, 6.07) is 1.03. The fraction of sp³-hybridized carbons (Fsp3) is 0.957. The zero-order valence-corrected chi connectivity index (χ0v) is 18.8. The summed E-state index contributed by atoms with van der Waals surface area (Å²) in [4.78, 5) is 19.8. The molecule has 0 aliphatic carbocycles. The van der Waals surface area contributed by atoms with Gasteiger partial charge in [-0.25, -0.2) is 4.79 Å². The van der Waals surface area contributed by atoms with Crippen molar-refractivity contribution < 1.29 is 4.79 Å². The summed E-state index contributed by atoms with van der Waals surface area (Å²) in [5.41, 5.74) is 0. The van der Waals surface area contributed by atoms with Crippen LogP contribution in [0.2, 0.25) is 0 Å². The fourth-order valence-electron chi connectivity index (χ4n) is 5.04. The Kier molecular flexibility index (Phi) is 9.41. The van der Waals surface area contributed by atoms with Crippen molar-refractivity contribution in [2.75, 3.05) is 39.3 Å². The first-order valence-corrected chi connectivity index (χ1v) is 11.8. The Hall–Kier alpha value is -0.770. The van der Waals surface area contributed by atoms with Crippen LogP contribution in [0, 0.1) is 17.8 Å². The molecule has 4 heteroatoms. The first kappa shape index (κ1) is 22.5. The van der Waals surface area contributed by atoms with Gasteiger partial charge in [-0.2, -0.15) is 0 Å². The van der Waals surface area contributed by atoms with E-state index in [1.54, 1.807) is 0 Å². The Morgan fingerprint density at radius 2 is 1.30 bits per heavy atom. The average molecular weight is 380 g/mol. The number of carbonyl (C=O) groups is 1. The van der Waals surface area contributed by atoms with Crippen molar-refractivity contribution in [1.29, 1.82) is 0 Å². The van der Waals surface area contributed by atoms with Crippen molar-refractivity contribution in [2.45, 2.75) is 85.6 Å². The van der Waals surface area contributed by atoms with E-state index < -0.39 is 0 Å². The van der Waals surface area contributed by atoms with E-state index in [2.05, 4.69) is 35.5 Å². The van der Waals surface area contributed by atoms with Gasteiger partial charge in [-0.05, 0) is 75.8 Å². The molecule has 0 spiro atoms. The highest BCUT2D eigenvalue weighted by Gasteiger charge is 2.31. The molecule has 2 amide bonds. The smallest absolute Gasteiger partial charge is 0.319 e. The largest absolute Gasteiger partial charge is 0.325 e. The van der Waals surface area contributed by atoms with E-state index in [-0.39, 0.29) is 0 Å². The molecule has 0 aromatic carbocycles. The van der Waals surface area contributed by atoms with Gasteiger partial charge in [0.05, 0.1) is 0 Å². The molecule has 0 unspecified atom stereocenters. The molecule has 3 heterocycles. The monoisotopic (exact) mass is 379 g/mol. The molecule has 3 saturated heterocycles. The molecule has 0 radical (unpaired) electrons. The van der Waals surface area contributed by atoms with Gasteiger partial charge in [-0.15, -0.1) is 0 Å². The number of rotatable bonds is 3. The van der Waals surface area contributed by atoms with Crippen LogP contribution in [0.5, 0.6) is 0 Å². The van der Waals surface area contributed by atoms with E-state index in [4.69, 9.17) is 0 Å². The molecule has 0 bridgehead atoms. The number of hydrogen-bond acceptors (Lipinski definition) is 2. The van der Waals surface area contributed by atoms with Crippen LogP contribution >= 0.6 is 0 Å². The Bertz CT molecular complexity index is 415. The summed E-state index contributed by atoms with van der Waals surface area (Å²) in [6.07, 6.45) is 8.77. The third-order valence-corrected chi connectivity index (χ3v) is 6.76. The standard InChI is InChI=1S/C21H39N3O.C2H6/c1-17(2)16-19-6-12-23(13-7-19)21(25)24-14-8-20(9-15-24)22-10-4-18(3)5-11-22;1-2/h17-20H,4-16H2,1-3H3;1-2H3. The lowest BCUT2D eigenvalue weighted by Crippen LogP contribution is -2.53. The molecule has 3 rings (SSSR count). The lowest BCUT2D eigenvalue weighted by molar-refractivity contribution is 0.0747. The van der Waals surface area contributed by atoms with Gasteiger partial charge < -0.3 is 14.7 Å². The minimum absolute atomic E-state index is 0.314. The molecule has 3 fully saturated rings. The van der Waals surface area contributed by atoms with Crippen LogP contribution in [0.25, 0.3) is 0 Å². The third-order valence-electron chi connectivity index (χ3n) is 6.76. The topological polar surface area (TPSA) is 26.8 Å². The van der Waals surface area contributed by atoms with Crippen molar-refractivity contribution >= 4 is 6.03 Å². The van der Waals surface area contributed by atoms with E-state index in [0.29, 0.717) is 12.1 Å². The number of nitrogens with zero attached hydrogens (tertiary/aromatic N) is 3. The molecule has 0 saturated carbocycles. The third kappa shape index (κ3) is 6.66. The van der Waals surface area contributed by atoms with E-state index in [1.807, 2.05) is 13.8 Å². The summed E-state index contributed by atoms with van der Waals surface area (Å²) in [6.45, 7) is 17.4. The predicted molar refractivity (Wildman–Crippen MR) is 115 cm³/mol. The van der Waals surface area contributed by atoms with Gasteiger partial charge in [0.25, 0.3) is 0 Å². The number of piperidine rings is 3. The van der Waals surface area contributed by atoms with Crippen LogP contribution in [0.4, 0.5) is 4.79 Å². The van der Waals surface area contributed by atoms with Gasteiger partial charge in [0.1, 0.15) is 0 Å². The normalized spacial score (nSPS) is 24.1. The van der Waals surface area contributed by atoms with Gasteiger partial charge in [-0.3, -0.25) is 0 Å². The highest BCUT2D eigenvalue weighted by atomic mass is 16.2. The maximum Gasteiger partial charge on any atom is 0.319 e. The van der Waals surface area contributed by atoms with Crippen molar-refractivity contribution in [1.82, 2.24) is 14.7 Å². The first-order chi connectivity index (χ1) is 13.0. The number of likely N-dealkylation sites (tertiary alicyclic amines) is 3. The van der Waals surface area contributed by atoms with Gasteiger partial charge in [-0.1, -0.05) is 34.6 Å². The minimum atomic E-state index is 0.314. The number of amides is 2. The van der Waals surface area contributed by atoms with Crippen LogP contribution < -0.4 is 0 Å². The van der Waals surface area contributed by atoms with Crippen molar-refractivity contribution in [3.63, 3.8) is 0 Å². The maximum atomic E-state index is 12.8. The van der Waals surface area contributed by atoms with Gasteiger partial charge >= 0.3 is 6.03 Å². The van der Waals surface area contributed by atoms with Crippen LogP contribution in [0.1, 0.15) is 79.6 Å². The van der Waals surface area contributed by atoms with Crippen LogP contribution in [0.3, 0.4) is 0 Å². The molecule has 0 atom stereocenters. The van der Waals surface area contributed by atoms with Crippen molar-refractivity contribution in [2.24, 2.45) is 17.8 Å². The summed E-state index contributed by atoms with van der Waals surface area (Å²) in [5, 5.41) is 0. The number of carbonyl (C=O) groups excluding carboxylic acids is 1. The molecular formula is C23H45N3O. The van der Waals surface area contributed by atoms with Crippen molar-refractivity contribution in [3.8, 4) is 0 Å². The molecule has 0 aromatic rings. The lowest BCUT2D eigenvalue weighted by atomic mass is 9.89. The van der Waals surface area contributed by atoms with Crippen molar-refractivity contribution in [3.05, 3.63) is 0 Å². The molecule has 158 valence electrons. The average Bonchev–Trinajstić information content (AvgIpc) is 2.70. The van der Waals surface area contributed by atoms with E-state index >= 15 is 0 Å². The molecule has 3 aliphatic rings. The van der Waals surface area contributed by atoms with Crippen LogP contribution in [-0.4, -0.2) is 66.0 Å². The lowest BCUT2D eigenvalue weighted by Gasteiger charge is -2.43. The second-order valence-electron chi connectivity index (χ2n) is 9.28. The quantitative estimate of drug-likeness (QED) is 0.683. The maximum absolute atomic E-state index is 12.8. The highest BCUT2D eigenvalue weighted by molar-refractivity contribution is 5.74. The number of urea groups is 1. The summed E-state index contributed by atoms with van der Waals surface area (Å²) >= 11 is 0. The summed E-state index contributed by atoms with van der Waals surface area (Å²) < 4.78 is 0. The zero-order chi connectivity index (χ0) is 19.8. The van der Waals surface area contributed by atoms with Gasteiger partial charge in [0.15, 0.2) is 0 Å². The first-order valence-electron chi connectivity index (χ1n) is 11.8. The Labute approximate surface area is 168 Å². The molecule has 3 aliphatic heterocycles. The second-order valence-corrected chi connectivity index (χ2v) is 9.28. The molecule has 0 N–H and O–H groups in total. The SMILES string of the molecule is CC.CC(C)CC1CCN(C(=O)N2CCC(N3CCC(C)CC3)CC2)CC1. The fourth-order valence-corrected chi connectivity index (χ4v) is 5.04. The highest BCUT2D eigenvalue weighted by Crippen LogP contribution is 2.27. The second kappa shape index (κ2) is 11.3. The molecule has 0 aromatic heterocycles. The zero-order valence-electron chi connectivity index (χ0n) is 18.8. The van der Waals surface area contributed by atoms with E-state index in [1.165, 1.54) is 58.0 Å². The molecule has 27 heavy (non-hydrogen) atoms. The number of hydrogen-bond donors (Lipinski definition) is 0. The predicted octanol–water partition coefficient (Wildman–Crippen LogP) is 5.09. The summed E-state index contributed by atoms with van der Waals surface area (Å²) in [5.74, 6) is 2.51. The molecular weight excluding hydrogens is 334 g/mol. The van der Waals surface area contributed by atoms with Gasteiger partial charge in [0.2, 0.25) is 0 Å². The van der Waals surface area contributed by atoms with Crippen LogP contribution in [-0.2, 0) is 0 Å². The van der Waals surface area contributed by atoms with Gasteiger partial charge in [0, 0.05) is 32.2 Å². The Morgan fingerprint density at radius 3 is 1.78 bits per heavy atom. The minimum Gasteiger partial charge on any atom is -0.325 e. The Balaban J connectivity index is 0.00000126. The van der Waals surface area contributed by atoms with Crippen LogP contribution in [0.15, 0.2) is 0 Å². The Morgan fingerprint density at radius 1 is 0.815 bits per heavy atom. The molecule has 4 nitrogen and oxygen atoms in total.